The minimum absolute atomic E-state index is 0.0882. The van der Waals surface area contributed by atoms with Gasteiger partial charge in [0.05, 0.1) is 14.2 Å². The lowest BCUT2D eigenvalue weighted by Gasteiger charge is -2.12. The number of carbonyl (C=O) groups excluding carboxylic acids is 1. The van der Waals surface area contributed by atoms with Crippen molar-refractivity contribution in [3.63, 3.8) is 0 Å². The number of carboxylic acid groups (broad SMARTS) is 1. The first-order valence-corrected chi connectivity index (χ1v) is 8.89. The minimum Gasteiger partial charge on any atom is -0.497 e. The zero-order valence-electron chi connectivity index (χ0n) is 16.3. The molecule has 0 unspecified atom stereocenters. The molecule has 2 N–H and O–H groups in total. The molecule has 0 saturated heterocycles. The van der Waals surface area contributed by atoms with Gasteiger partial charge in [0.2, 0.25) is 5.91 Å². The number of nitrogens with one attached hydrogen (secondary N) is 1. The summed E-state index contributed by atoms with van der Waals surface area (Å²) < 4.78 is 15.7. The van der Waals surface area contributed by atoms with Crippen molar-refractivity contribution in [2.75, 3.05) is 26.1 Å². The second-order valence-electron chi connectivity index (χ2n) is 6.24. The molecule has 2 rings (SSSR count). The summed E-state index contributed by atoms with van der Waals surface area (Å²) in [7, 11) is 3.21. The molecule has 0 heterocycles. The van der Waals surface area contributed by atoms with Crippen molar-refractivity contribution in [3.8, 4) is 17.2 Å². The van der Waals surface area contributed by atoms with Crippen LogP contribution in [0.2, 0.25) is 0 Å². The van der Waals surface area contributed by atoms with E-state index in [9.17, 15) is 9.59 Å². The van der Waals surface area contributed by atoms with Gasteiger partial charge in [-0.3, -0.25) is 4.79 Å². The molecule has 2 aromatic carbocycles. The van der Waals surface area contributed by atoms with E-state index in [1.165, 1.54) is 0 Å². The maximum Gasteiger partial charge on any atom is 0.341 e. The number of amides is 1. The van der Waals surface area contributed by atoms with Crippen molar-refractivity contribution in [2.45, 2.75) is 26.2 Å². The van der Waals surface area contributed by atoms with Gasteiger partial charge in [-0.05, 0) is 55.2 Å². The van der Waals surface area contributed by atoms with Gasteiger partial charge in [0.15, 0.2) is 6.61 Å². The quantitative estimate of drug-likeness (QED) is 0.649. The lowest BCUT2D eigenvalue weighted by molar-refractivity contribution is -0.139. The van der Waals surface area contributed by atoms with Gasteiger partial charge in [0.1, 0.15) is 17.2 Å². The number of carboxylic acids is 1. The monoisotopic (exact) mass is 387 g/mol. The van der Waals surface area contributed by atoms with E-state index in [4.69, 9.17) is 19.3 Å². The number of carbonyl (C=O) groups is 2. The molecule has 28 heavy (non-hydrogen) atoms. The summed E-state index contributed by atoms with van der Waals surface area (Å²) in [5.74, 6) is 0.792. The topological polar surface area (TPSA) is 94.1 Å². The third-order valence-corrected chi connectivity index (χ3v) is 4.18. The van der Waals surface area contributed by atoms with Gasteiger partial charge in [-0.2, -0.15) is 0 Å². The van der Waals surface area contributed by atoms with Crippen LogP contribution in [-0.4, -0.2) is 37.8 Å². The molecule has 0 fully saturated rings. The molecule has 150 valence electrons. The summed E-state index contributed by atoms with van der Waals surface area (Å²) in [6, 6.07) is 10.7. The Kier molecular flexibility index (Phi) is 7.68. The number of anilines is 1. The van der Waals surface area contributed by atoms with Crippen LogP contribution < -0.4 is 19.5 Å². The predicted octanol–water partition coefficient (Wildman–Crippen LogP) is 3.44. The molecule has 1 amide bonds. The summed E-state index contributed by atoms with van der Waals surface area (Å²) >= 11 is 0. The zero-order valence-corrected chi connectivity index (χ0v) is 16.3. The third-order valence-electron chi connectivity index (χ3n) is 4.18. The summed E-state index contributed by atoms with van der Waals surface area (Å²) in [4.78, 5) is 22.8. The molecule has 0 aliphatic carbocycles. The highest BCUT2D eigenvalue weighted by atomic mass is 16.5. The van der Waals surface area contributed by atoms with Crippen molar-refractivity contribution in [3.05, 3.63) is 47.5 Å². The van der Waals surface area contributed by atoms with Crippen molar-refractivity contribution in [2.24, 2.45) is 0 Å². The Balaban J connectivity index is 1.86. The lowest BCUT2D eigenvalue weighted by atomic mass is 10.1. The molecule has 0 atom stereocenters. The van der Waals surface area contributed by atoms with Crippen molar-refractivity contribution in [1.82, 2.24) is 0 Å². The normalized spacial score (nSPS) is 10.2. The number of aliphatic carboxylic acids is 1. The Morgan fingerprint density at radius 1 is 1.04 bits per heavy atom. The standard InChI is InChI=1S/C21H25NO6/c1-14-11-17(28-13-21(24)25)9-10-18(14)22-20(23)6-4-5-15-7-8-16(26-2)12-19(15)27-3/h7-12H,4-6,13H2,1-3H3,(H,22,23)(H,24,25). The Labute approximate surface area is 164 Å². The number of hydrogen-bond acceptors (Lipinski definition) is 5. The smallest absolute Gasteiger partial charge is 0.341 e. The van der Waals surface area contributed by atoms with Crippen LogP contribution in [0.15, 0.2) is 36.4 Å². The Hall–Kier alpha value is -3.22. The lowest BCUT2D eigenvalue weighted by Crippen LogP contribution is -2.13. The summed E-state index contributed by atoms with van der Waals surface area (Å²) in [5.41, 5.74) is 2.50. The number of hydrogen-bond donors (Lipinski definition) is 2. The van der Waals surface area contributed by atoms with E-state index in [1.807, 2.05) is 25.1 Å². The number of aryl methyl sites for hydroxylation is 2. The van der Waals surface area contributed by atoms with Gasteiger partial charge in [0, 0.05) is 18.2 Å². The fraction of sp³-hybridized carbons (Fsp3) is 0.333. The maximum atomic E-state index is 12.2. The number of rotatable bonds is 10. The molecule has 0 radical (unpaired) electrons. The van der Waals surface area contributed by atoms with Gasteiger partial charge >= 0.3 is 5.97 Å². The van der Waals surface area contributed by atoms with Gasteiger partial charge < -0.3 is 24.6 Å². The molecule has 0 aliphatic rings. The van der Waals surface area contributed by atoms with Gasteiger partial charge in [-0.15, -0.1) is 0 Å². The van der Waals surface area contributed by atoms with Gasteiger partial charge in [-0.1, -0.05) is 6.07 Å². The van der Waals surface area contributed by atoms with E-state index in [2.05, 4.69) is 5.32 Å². The van der Waals surface area contributed by atoms with Crippen molar-refractivity contribution in [1.29, 1.82) is 0 Å². The minimum atomic E-state index is -1.04. The molecule has 2 aromatic rings. The van der Waals surface area contributed by atoms with Crippen LogP contribution >= 0.6 is 0 Å². The van der Waals surface area contributed by atoms with Crippen LogP contribution in [-0.2, 0) is 16.0 Å². The number of benzene rings is 2. The first-order valence-electron chi connectivity index (χ1n) is 8.89. The summed E-state index contributed by atoms with van der Waals surface area (Å²) in [5, 5.41) is 11.5. The van der Waals surface area contributed by atoms with Gasteiger partial charge in [0.25, 0.3) is 0 Å². The molecule has 7 heteroatoms. The van der Waals surface area contributed by atoms with Crippen LogP contribution in [0.25, 0.3) is 0 Å². The average molecular weight is 387 g/mol. The first-order chi connectivity index (χ1) is 13.4. The second-order valence-corrected chi connectivity index (χ2v) is 6.24. The van der Waals surface area contributed by atoms with Crippen LogP contribution in [0.4, 0.5) is 5.69 Å². The van der Waals surface area contributed by atoms with Crippen LogP contribution in [0, 0.1) is 6.92 Å². The largest absolute Gasteiger partial charge is 0.497 e. The fourth-order valence-electron chi connectivity index (χ4n) is 2.72. The third kappa shape index (κ3) is 6.19. The van der Waals surface area contributed by atoms with E-state index < -0.39 is 12.6 Å². The van der Waals surface area contributed by atoms with Crippen LogP contribution in [0.5, 0.6) is 17.2 Å². The average Bonchev–Trinajstić information content (AvgIpc) is 2.68. The Bertz CT molecular complexity index is 834. The number of methoxy groups -OCH3 is 2. The van der Waals surface area contributed by atoms with Crippen LogP contribution in [0.1, 0.15) is 24.0 Å². The molecule has 0 bridgehead atoms. The molecule has 7 nitrogen and oxygen atoms in total. The van der Waals surface area contributed by atoms with Gasteiger partial charge in [-0.25, -0.2) is 4.79 Å². The van der Waals surface area contributed by atoms with E-state index in [-0.39, 0.29) is 5.91 Å². The predicted molar refractivity (Wildman–Crippen MR) is 105 cm³/mol. The fourth-order valence-corrected chi connectivity index (χ4v) is 2.72. The molecule has 0 spiro atoms. The van der Waals surface area contributed by atoms with E-state index in [1.54, 1.807) is 32.4 Å². The van der Waals surface area contributed by atoms with Crippen LogP contribution in [0.3, 0.4) is 0 Å². The number of ether oxygens (including phenoxy) is 3. The van der Waals surface area contributed by atoms with E-state index in [0.717, 1.165) is 22.6 Å². The highest BCUT2D eigenvalue weighted by Gasteiger charge is 2.09. The second kappa shape index (κ2) is 10.2. The Morgan fingerprint density at radius 2 is 1.79 bits per heavy atom. The molecular formula is C21H25NO6. The SMILES string of the molecule is COc1ccc(CCCC(=O)Nc2ccc(OCC(=O)O)cc2C)c(OC)c1. The molecule has 0 aliphatic heterocycles. The molecule has 0 aromatic heterocycles. The van der Waals surface area contributed by atoms with Crippen molar-refractivity contribution < 1.29 is 28.9 Å². The first kappa shape index (κ1) is 21.1. The molecular weight excluding hydrogens is 362 g/mol. The van der Waals surface area contributed by atoms with E-state index >= 15 is 0 Å². The summed E-state index contributed by atoms with van der Waals surface area (Å²) in [6.07, 6.45) is 1.75. The summed E-state index contributed by atoms with van der Waals surface area (Å²) in [6.45, 7) is 1.42. The van der Waals surface area contributed by atoms with E-state index in [0.29, 0.717) is 30.7 Å². The maximum absolute atomic E-state index is 12.2. The Morgan fingerprint density at radius 3 is 2.43 bits per heavy atom. The highest BCUT2D eigenvalue weighted by molar-refractivity contribution is 5.91. The van der Waals surface area contributed by atoms with Crippen molar-refractivity contribution >= 4 is 17.6 Å². The molecule has 0 saturated carbocycles. The zero-order chi connectivity index (χ0) is 20.5. The highest BCUT2D eigenvalue weighted by Crippen LogP contribution is 2.26.